The van der Waals surface area contributed by atoms with Crippen LogP contribution in [0.1, 0.15) is 31.2 Å². The summed E-state index contributed by atoms with van der Waals surface area (Å²) in [6.07, 6.45) is 5.25. The topological polar surface area (TPSA) is 27.7 Å². The normalized spacial score (nSPS) is 21.1. The zero-order valence-electron chi connectivity index (χ0n) is 17.5. The molecule has 0 amide bonds. The van der Waals surface area contributed by atoms with Crippen LogP contribution in [0, 0.1) is 23.4 Å². The molecule has 1 fully saturated rings. The first-order valence-corrected chi connectivity index (χ1v) is 11.2. The Kier molecular flexibility index (Phi) is 5.69. The lowest BCUT2D eigenvalue weighted by Crippen LogP contribution is -2.48. The Hall–Kier alpha value is -2.41. The van der Waals surface area contributed by atoms with Crippen LogP contribution in [-0.4, -0.2) is 43.9 Å². The molecule has 0 saturated carbocycles. The van der Waals surface area contributed by atoms with Gasteiger partial charge in [0.25, 0.3) is 0 Å². The van der Waals surface area contributed by atoms with Gasteiger partial charge in [0.15, 0.2) is 0 Å². The molecule has 3 aliphatic rings. The van der Waals surface area contributed by atoms with Crippen LogP contribution in [0.3, 0.4) is 0 Å². The number of halogens is 3. The summed E-state index contributed by atoms with van der Waals surface area (Å²) in [5.41, 5.74) is 3.24. The summed E-state index contributed by atoms with van der Waals surface area (Å²) in [4.78, 5) is 4.89. The van der Waals surface area contributed by atoms with E-state index in [9.17, 15) is 13.2 Å². The largest absolute Gasteiger partial charge is 0.493 e. The van der Waals surface area contributed by atoms with Crippen molar-refractivity contribution in [1.29, 1.82) is 0 Å². The van der Waals surface area contributed by atoms with Gasteiger partial charge in [-0.3, -0.25) is 4.90 Å². The summed E-state index contributed by atoms with van der Waals surface area (Å²) in [5, 5.41) is 3.54. The van der Waals surface area contributed by atoms with Crippen LogP contribution in [0.25, 0.3) is 0 Å². The van der Waals surface area contributed by atoms with Crippen LogP contribution < -0.4 is 15.0 Å². The first-order valence-electron chi connectivity index (χ1n) is 11.2. The predicted molar refractivity (Wildman–Crippen MR) is 115 cm³/mol. The second-order valence-electron chi connectivity index (χ2n) is 8.90. The number of ether oxygens (including phenoxy) is 1. The number of aryl methyl sites for hydroxylation is 1. The van der Waals surface area contributed by atoms with Crippen molar-refractivity contribution in [3.05, 3.63) is 53.3 Å². The molecular formula is C24H28F3N3O. The molecule has 0 spiro atoms. The van der Waals surface area contributed by atoms with Gasteiger partial charge in [0.05, 0.1) is 18.0 Å². The van der Waals surface area contributed by atoms with Gasteiger partial charge in [0, 0.05) is 31.3 Å². The van der Waals surface area contributed by atoms with Gasteiger partial charge in [-0.25, -0.2) is 13.2 Å². The average Bonchev–Trinajstić information content (AvgIpc) is 3.07. The maximum atomic E-state index is 13.9. The van der Waals surface area contributed by atoms with Crippen LogP contribution in [-0.2, 0) is 6.42 Å². The summed E-state index contributed by atoms with van der Waals surface area (Å²) in [5.74, 6) is -0.588. The molecule has 1 atom stereocenters. The van der Waals surface area contributed by atoms with E-state index >= 15 is 0 Å². The van der Waals surface area contributed by atoms with Crippen molar-refractivity contribution in [3.8, 4) is 5.75 Å². The number of hydrogen-bond donors (Lipinski definition) is 1. The fraction of sp³-hybridized carbons (Fsp3) is 0.500. The molecule has 0 aromatic heterocycles. The molecule has 0 radical (unpaired) electrons. The van der Waals surface area contributed by atoms with Gasteiger partial charge in [-0.1, -0.05) is 0 Å². The van der Waals surface area contributed by atoms with Crippen LogP contribution in [0.4, 0.5) is 24.5 Å². The van der Waals surface area contributed by atoms with Crippen molar-refractivity contribution in [2.45, 2.75) is 38.3 Å². The zero-order chi connectivity index (χ0) is 21.4. The maximum Gasteiger partial charge on any atom is 0.129 e. The Morgan fingerprint density at radius 3 is 2.45 bits per heavy atom. The van der Waals surface area contributed by atoms with Gasteiger partial charge in [0.2, 0.25) is 0 Å². The van der Waals surface area contributed by atoms with E-state index in [4.69, 9.17) is 4.74 Å². The van der Waals surface area contributed by atoms with E-state index in [-0.39, 0.29) is 17.7 Å². The fourth-order valence-electron chi connectivity index (χ4n) is 5.22. The molecule has 1 N–H and O–H groups in total. The van der Waals surface area contributed by atoms with E-state index in [1.54, 1.807) is 12.1 Å². The van der Waals surface area contributed by atoms with Crippen LogP contribution in [0.2, 0.25) is 0 Å². The third-order valence-electron chi connectivity index (χ3n) is 6.75. The zero-order valence-corrected chi connectivity index (χ0v) is 17.5. The standard InChI is InChI=1S/C24H28F3N3O/c25-18-10-17-2-1-6-30-23(28-22(14-18)24(17)30)15-29-7-3-16(4-8-29)5-9-31-21-12-19(26)11-20(27)13-21/h10-14,16,23,28H,1-9,15H2. The van der Waals surface area contributed by atoms with Gasteiger partial charge in [-0.2, -0.15) is 0 Å². The smallest absolute Gasteiger partial charge is 0.129 e. The summed E-state index contributed by atoms with van der Waals surface area (Å²) < 4.78 is 46.0. The minimum atomic E-state index is -0.616. The van der Waals surface area contributed by atoms with E-state index in [2.05, 4.69) is 15.1 Å². The van der Waals surface area contributed by atoms with Crippen molar-refractivity contribution in [2.75, 3.05) is 43.0 Å². The number of likely N-dealkylation sites (tertiary alicyclic amines) is 1. The second-order valence-corrected chi connectivity index (χ2v) is 8.90. The van der Waals surface area contributed by atoms with Crippen molar-refractivity contribution < 1.29 is 17.9 Å². The van der Waals surface area contributed by atoms with Crippen LogP contribution in [0.5, 0.6) is 5.75 Å². The summed E-state index contributed by atoms with van der Waals surface area (Å²) in [7, 11) is 0. The molecule has 2 aromatic rings. The molecule has 4 nitrogen and oxygen atoms in total. The number of benzene rings is 2. The minimum absolute atomic E-state index is 0.159. The first-order chi connectivity index (χ1) is 15.0. The Balaban J connectivity index is 1.10. The number of nitrogens with one attached hydrogen (secondary N) is 1. The second kappa shape index (κ2) is 8.61. The van der Waals surface area contributed by atoms with Gasteiger partial charge in [-0.15, -0.1) is 0 Å². The SMILES string of the molecule is Fc1cc(F)cc(OCCC2CCN(CC3Nc4cc(F)cc5c4N3CCC5)CC2)c1. The fourth-order valence-corrected chi connectivity index (χ4v) is 5.22. The lowest BCUT2D eigenvalue weighted by molar-refractivity contribution is 0.158. The lowest BCUT2D eigenvalue weighted by Gasteiger charge is -2.37. The van der Waals surface area contributed by atoms with E-state index in [0.717, 1.165) is 75.6 Å². The highest BCUT2D eigenvalue weighted by molar-refractivity contribution is 5.80. The highest BCUT2D eigenvalue weighted by atomic mass is 19.1. The third kappa shape index (κ3) is 4.47. The molecule has 5 rings (SSSR count). The highest BCUT2D eigenvalue weighted by Crippen LogP contribution is 2.42. The number of anilines is 2. The quantitative estimate of drug-likeness (QED) is 0.712. The van der Waals surface area contributed by atoms with E-state index in [0.29, 0.717) is 12.5 Å². The van der Waals surface area contributed by atoms with Crippen LogP contribution >= 0.6 is 0 Å². The Morgan fingerprint density at radius 2 is 1.68 bits per heavy atom. The average molecular weight is 432 g/mol. The highest BCUT2D eigenvalue weighted by Gasteiger charge is 2.35. The van der Waals surface area contributed by atoms with E-state index < -0.39 is 11.6 Å². The lowest BCUT2D eigenvalue weighted by atomic mass is 9.94. The first kappa shape index (κ1) is 20.5. The Bertz CT molecular complexity index is 926. The molecule has 166 valence electrons. The maximum absolute atomic E-state index is 13.9. The van der Waals surface area contributed by atoms with E-state index in [1.807, 2.05) is 0 Å². The monoisotopic (exact) mass is 431 g/mol. The predicted octanol–water partition coefficient (Wildman–Crippen LogP) is 4.79. The van der Waals surface area contributed by atoms with E-state index in [1.165, 1.54) is 17.8 Å². The molecular weight excluding hydrogens is 403 g/mol. The molecule has 1 saturated heterocycles. The van der Waals surface area contributed by atoms with Crippen molar-refractivity contribution in [2.24, 2.45) is 5.92 Å². The summed E-state index contributed by atoms with van der Waals surface area (Å²) in [6.45, 7) is 4.43. The molecule has 3 aliphatic heterocycles. The van der Waals surface area contributed by atoms with Crippen LogP contribution in [0.15, 0.2) is 30.3 Å². The molecule has 0 bridgehead atoms. The molecule has 3 heterocycles. The minimum Gasteiger partial charge on any atom is -0.493 e. The summed E-state index contributed by atoms with van der Waals surface area (Å²) >= 11 is 0. The van der Waals surface area contributed by atoms with Crippen molar-refractivity contribution in [1.82, 2.24) is 4.90 Å². The Morgan fingerprint density at radius 1 is 0.935 bits per heavy atom. The van der Waals surface area contributed by atoms with Crippen molar-refractivity contribution >= 4 is 11.4 Å². The number of nitrogens with zero attached hydrogens (tertiary/aromatic N) is 2. The third-order valence-corrected chi connectivity index (χ3v) is 6.75. The van der Waals surface area contributed by atoms with Gasteiger partial charge in [0.1, 0.15) is 29.4 Å². The summed E-state index contributed by atoms with van der Waals surface area (Å²) in [6, 6.07) is 6.59. The molecule has 1 unspecified atom stereocenters. The van der Waals surface area contributed by atoms with Gasteiger partial charge in [-0.05, 0) is 68.8 Å². The van der Waals surface area contributed by atoms with Gasteiger partial charge >= 0.3 is 0 Å². The number of piperidine rings is 1. The van der Waals surface area contributed by atoms with Gasteiger partial charge < -0.3 is 15.0 Å². The molecule has 0 aliphatic carbocycles. The number of rotatable bonds is 6. The Labute approximate surface area is 181 Å². The van der Waals surface area contributed by atoms with Crippen molar-refractivity contribution in [3.63, 3.8) is 0 Å². The number of hydrogen-bond acceptors (Lipinski definition) is 4. The molecule has 31 heavy (non-hydrogen) atoms. The molecule has 7 heteroatoms. The molecule has 2 aromatic carbocycles.